The average molecular weight is 371 g/mol. The van der Waals surface area contributed by atoms with Gasteiger partial charge in [0.2, 0.25) is 0 Å². The minimum atomic E-state index is -0.321. The molecular formula is C21H26N2O2S. The first-order valence-corrected chi connectivity index (χ1v) is 9.91. The number of thiophene rings is 1. The van der Waals surface area contributed by atoms with Crippen LogP contribution in [0.1, 0.15) is 70.3 Å². The van der Waals surface area contributed by atoms with Crippen LogP contribution in [0, 0.1) is 6.92 Å². The maximum absolute atomic E-state index is 12.9. The fourth-order valence-electron chi connectivity index (χ4n) is 3.26. The molecule has 0 radical (unpaired) electrons. The molecule has 2 aromatic rings. The number of aryl methyl sites for hydroxylation is 2. The van der Waals surface area contributed by atoms with Gasteiger partial charge in [0.05, 0.1) is 5.56 Å². The van der Waals surface area contributed by atoms with Gasteiger partial charge in [-0.2, -0.15) is 0 Å². The molecular weight excluding hydrogens is 344 g/mol. The number of hydrogen-bond donors (Lipinski definition) is 2. The molecule has 0 bridgehead atoms. The van der Waals surface area contributed by atoms with Gasteiger partial charge in [0, 0.05) is 16.0 Å². The van der Waals surface area contributed by atoms with E-state index < -0.39 is 0 Å². The molecule has 4 nitrogen and oxygen atoms in total. The van der Waals surface area contributed by atoms with Gasteiger partial charge in [-0.05, 0) is 71.1 Å². The number of amides is 2. The molecule has 0 saturated carbocycles. The van der Waals surface area contributed by atoms with Gasteiger partial charge in [0.15, 0.2) is 0 Å². The Bertz CT molecular complexity index is 846. The molecule has 26 heavy (non-hydrogen) atoms. The predicted molar refractivity (Wildman–Crippen MR) is 107 cm³/mol. The van der Waals surface area contributed by atoms with E-state index in [1.54, 1.807) is 17.4 Å². The first-order chi connectivity index (χ1) is 12.2. The average Bonchev–Trinajstić information content (AvgIpc) is 2.91. The second-order valence-electron chi connectivity index (χ2n) is 7.94. The Morgan fingerprint density at radius 2 is 1.81 bits per heavy atom. The maximum Gasteiger partial charge on any atom is 0.256 e. The number of anilines is 1. The van der Waals surface area contributed by atoms with Crippen molar-refractivity contribution in [2.24, 2.45) is 0 Å². The summed E-state index contributed by atoms with van der Waals surface area (Å²) in [6.45, 7) is 7.86. The Balaban J connectivity index is 1.94. The molecule has 2 N–H and O–H groups in total. The van der Waals surface area contributed by atoms with E-state index in [9.17, 15) is 9.59 Å². The van der Waals surface area contributed by atoms with Crippen molar-refractivity contribution >= 4 is 28.2 Å². The highest BCUT2D eigenvalue weighted by atomic mass is 32.1. The number of carbonyl (C=O) groups is 2. The zero-order chi connectivity index (χ0) is 18.9. The Morgan fingerprint density at radius 1 is 1.08 bits per heavy atom. The van der Waals surface area contributed by atoms with E-state index >= 15 is 0 Å². The molecule has 1 aromatic carbocycles. The van der Waals surface area contributed by atoms with Crippen LogP contribution < -0.4 is 10.6 Å². The fraction of sp³-hybridized carbons (Fsp3) is 0.429. The van der Waals surface area contributed by atoms with E-state index in [0.717, 1.165) is 36.8 Å². The number of rotatable bonds is 3. The summed E-state index contributed by atoms with van der Waals surface area (Å²) < 4.78 is 0. The summed E-state index contributed by atoms with van der Waals surface area (Å²) in [7, 11) is 0. The van der Waals surface area contributed by atoms with Crippen LogP contribution in [0.3, 0.4) is 0 Å². The Hall–Kier alpha value is -2.14. The van der Waals surface area contributed by atoms with Crippen molar-refractivity contribution in [2.45, 2.75) is 58.9 Å². The SMILES string of the molecule is Cc1cccc(C(=O)Nc2sc3c(c2C(=O)NC(C)(C)C)CCCC3)c1. The van der Waals surface area contributed by atoms with E-state index in [-0.39, 0.29) is 17.4 Å². The van der Waals surface area contributed by atoms with Crippen molar-refractivity contribution in [3.05, 3.63) is 51.4 Å². The number of carbonyl (C=O) groups excluding carboxylic acids is 2. The highest BCUT2D eigenvalue weighted by Crippen LogP contribution is 2.38. The minimum absolute atomic E-state index is 0.101. The van der Waals surface area contributed by atoms with E-state index in [1.165, 1.54) is 4.88 Å². The summed E-state index contributed by atoms with van der Waals surface area (Å²) in [6, 6.07) is 7.49. The third-order valence-corrected chi connectivity index (χ3v) is 5.60. The molecule has 1 heterocycles. The molecule has 0 unspecified atom stereocenters. The van der Waals surface area contributed by atoms with Gasteiger partial charge in [0.1, 0.15) is 5.00 Å². The second-order valence-corrected chi connectivity index (χ2v) is 9.05. The van der Waals surface area contributed by atoms with Crippen molar-refractivity contribution < 1.29 is 9.59 Å². The van der Waals surface area contributed by atoms with Crippen LogP contribution in [0.2, 0.25) is 0 Å². The van der Waals surface area contributed by atoms with Gasteiger partial charge in [0.25, 0.3) is 11.8 Å². The van der Waals surface area contributed by atoms with Crippen LogP contribution in [0.25, 0.3) is 0 Å². The molecule has 0 spiro atoms. The Kier molecular flexibility index (Phi) is 5.19. The van der Waals surface area contributed by atoms with Crippen molar-refractivity contribution in [3.8, 4) is 0 Å². The molecule has 0 saturated heterocycles. The second kappa shape index (κ2) is 7.23. The van der Waals surface area contributed by atoms with Gasteiger partial charge in [-0.1, -0.05) is 17.7 Å². The van der Waals surface area contributed by atoms with Gasteiger partial charge in [-0.25, -0.2) is 0 Å². The smallest absolute Gasteiger partial charge is 0.256 e. The molecule has 1 aromatic heterocycles. The molecule has 138 valence electrons. The number of fused-ring (bicyclic) bond motifs is 1. The summed E-state index contributed by atoms with van der Waals surface area (Å²) in [5, 5.41) is 6.72. The van der Waals surface area contributed by atoms with Gasteiger partial charge >= 0.3 is 0 Å². The quantitative estimate of drug-likeness (QED) is 0.821. The number of benzene rings is 1. The lowest BCUT2D eigenvalue weighted by molar-refractivity contribution is 0.0919. The first kappa shape index (κ1) is 18.6. The summed E-state index contributed by atoms with van der Waals surface area (Å²) in [5.74, 6) is -0.270. The normalized spacial score (nSPS) is 13.8. The molecule has 3 rings (SSSR count). The largest absolute Gasteiger partial charge is 0.347 e. The molecule has 0 fully saturated rings. The van der Waals surface area contributed by atoms with Crippen molar-refractivity contribution in [2.75, 3.05) is 5.32 Å². The summed E-state index contributed by atoms with van der Waals surface area (Å²) >= 11 is 1.55. The third kappa shape index (κ3) is 4.15. The van der Waals surface area contributed by atoms with Crippen LogP contribution >= 0.6 is 11.3 Å². The summed E-state index contributed by atoms with van der Waals surface area (Å²) in [5.41, 5.74) is 3.09. The topological polar surface area (TPSA) is 58.2 Å². The van der Waals surface area contributed by atoms with E-state index in [1.807, 2.05) is 45.9 Å². The lowest BCUT2D eigenvalue weighted by Crippen LogP contribution is -2.41. The molecule has 0 aliphatic heterocycles. The first-order valence-electron chi connectivity index (χ1n) is 9.09. The van der Waals surface area contributed by atoms with Crippen LogP contribution in [0.5, 0.6) is 0 Å². The van der Waals surface area contributed by atoms with Gasteiger partial charge in [-0.3, -0.25) is 9.59 Å². The molecule has 1 aliphatic rings. The fourth-order valence-corrected chi connectivity index (χ4v) is 4.54. The van der Waals surface area contributed by atoms with Gasteiger partial charge in [-0.15, -0.1) is 11.3 Å². The standard InChI is InChI=1S/C21H26N2O2S/c1-13-8-7-9-14(12-13)18(24)22-20-17(19(25)23-21(2,3)4)15-10-5-6-11-16(15)26-20/h7-9,12H,5-6,10-11H2,1-4H3,(H,22,24)(H,23,25). The van der Waals surface area contributed by atoms with E-state index in [2.05, 4.69) is 10.6 Å². The molecule has 2 amide bonds. The Morgan fingerprint density at radius 3 is 2.50 bits per heavy atom. The van der Waals surface area contributed by atoms with Crippen molar-refractivity contribution in [1.29, 1.82) is 0 Å². The van der Waals surface area contributed by atoms with E-state index in [4.69, 9.17) is 0 Å². The Labute approximate surface area is 159 Å². The third-order valence-electron chi connectivity index (χ3n) is 4.39. The predicted octanol–water partition coefficient (Wildman–Crippen LogP) is 4.72. The van der Waals surface area contributed by atoms with Crippen molar-refractivity contribution in [3.63, 3.8) is 0 Å². The molecule has 0 atom stereocenters. The zero-order valence-corrected chi connectivity index (χ0v) is 16.7. The number of nitrogens with one attached hydrogen (secondary N) is 2. The summed E-state index contributed by atoms with van der Waals surface area (Å²) in [6.07, 6.45) is 4.11. The zero-order valence-electron chi connectivity index (χ0n) is 15.9. The lowest BCUT2D eigenvalue weighted by atomic mass is 9.94. The molecule has 1 aliphatic carbocycles. The highest BCUT2D eigenvalue weighted by molar-refractivity contribution is 7.17. The molecule has 5 heteroatoms. The summed E-state index contributed by atoms with van der Waals surface area (Å²) in [4.78, 5) is 26.9. The minimum Gasteiger partial charge on any atom is -0.347 e. The van der Waals surface area contributed by atoms with Crippen LogP contribution in [0.4, 0.5) is 5.00 Å². The van der Waals surface area contributed by atoms with Crippen molar-refractivity contribution in [1.82, 2.24) is 5.32 Å². The van der Waals surface area contributed by atoms with Crippen LogP contribution in [-0.4, -0.2) is 17.4 Å². The monoisotopic (exact) mass is 370 g/mol. The van der Waals surface area contributed by atoms with E-state index in [0.29, 0.717) is 16.1 Å². The highest BCUT2D eigenvalue weighted by Gasteiger charge is 2.28. The van der Waals surface area contributed by atoms with Crippen LogP contribution in [-0.2, 0) is 12.8 Å². The number of hydrogen-bond acceptors (Lipinski definition) is 3. The van der Waals surface area contributed by atoms with Gasteiger partial charge < -0.3 is 10.6 Å². The lowest BCUT2D eigenvalue weighted by Gasteiger charge is -2.22. The van der Waals surface area contributed by atoms with Crippen LogP contribution in [0.15, 0.2) is 24.3 Å². The maximum atomic E-state index is 12.9.